The molecule has 0 aliphatic heterocycles. The summed E-state index contributed by atoms with van der Waals surface area (Å²) in [6.07, 6.45) is -0.321. The average molecular weight is 366 g/mol. The third-order valence-electron chi connectivity index (χ3n) is 3.80. The summed E-state index contributed by atoms with van der Waals surface area (Å²) in [7, 11) is 0. The second kappa shape index (κ2) is 9.97. The highest BCUT2D eigenvalue weighted by atomic mass is 16.5. The number of amides is 1. The van der Waals surface area contributed by atoms with Gasteiger partial charge in [0.2, 0.25) is 0 Å². The molecule has 0 aliphatic rings. The average Bonchev–Trinajstić information content (AvgIpc) is 2.67. The van der Waals surface area contributed by atoms with Crippen molar-refractivity contribution in [1.29, 1.82) is 5.26 Å². The van der Waals surface area contributed by atoms with E-state index in [1.165, 1.54) is 6.92 Å². The maximum absolute atomic E-state index is 12.1. The lowest BCUT2D eigenvalue weighted by atomic mass is 10.2. The van der Waals surface area contributed by atoms with Crippen LogP contribution < -0.4 is 10.1 Å². The minimum absolute atomic E-state index is 0.151. The van der Waals surface area contributed by atoms with E-state index in [2.05, 4.69) is 5.32 Å². The summed E-state index contributed by atoms with van der Waals surface area (Å²) >= 11 is 0. The van der Waals surface area contributed by atoms with Crippen LogP contribution in [-0.4, -0.2) is 24.6 Å². The van der Waals surface area contributed by atoms with Crippen LogP contribution in [0.3, 0.4) is 0 Å². The van der Waals surface area contributed by atoms with Gasteiger partial charge in [-0.05, 0) is 44.5 Å². The van der Waals surface area contributed by atoms with Gasteiger partial charge in [-0.15, -0.1) is 0 Å². The van der Waals surface area contributed by atoms with Crippen LogP contribution in [0.2, 0.25) is 0 Å². The number of carbonyl (C=O) groups excluding carboxylic acids is 2. The Balaban J connectivity index is 1.72. The number of para-hydroxylation sites is 1. The Morgan fingerprint density at radius 1 is 1.15 bits per heavy atom. The van der Waals surface area contributed by atoms with E-state index in [4.69, 9.17) is 14.7 Å². The number of nitriles is 1. The first-order valence-electron chi connectivity index (χ1n) is 8.68. The molecule has 0 bridgehead atoms. The van der Waals surface area contributed by atoms with Crippen molar-refractivity contribution in [2.24, 2.45) is 0 Å². The van der Waals surface area contributed by atoms with Crippen LogP contribution >= 0.6 is 0 Å². The van der Waals surface area contributed by atoms with Crippen molar-refractivity contribution in [3.63, 3.8) is 0 Å². The highest BCUT2D eigenvalue weighted by molar-refractivity contribution is 5.96. The molecule has 0 saturated carbocycles. The smallest absolute Gasteiger partial charge is 0.306 e. The molecule has 0 aliphatic carbocycles. The number of nitrogens with one attached hydrogen (secondary N) is 1. The monoisotopic (exact) mass is 366 g/mol. The Hall–Kier alpha value is -3.33. The SMILES string of the molecule is Cc1ccc(OCCCC(=O)O[C@@H](C)C(=O)Nc2ccccc2C#N)cc1. The number of anilines is 1. The molecule has 1 atom stereocenters. The topological polar surface area (TPSA) is 88.4 Å². The Kier molecular flexibility index (Phi) is 7.38. The lowest BCUT2D eigenvalue weighted by Gasteiger charge is -2.14. The molecule has 0 spiro atoms. The first-order valence-corrected chi connectivity index (χ1v) is 8.68. The molecular formula is C21H22N2O4. The van der Waals surface area contributed by atoms with E-state index >= 15 is 0 Å². The number of esters is 1. The fourth-order valence-electron chi connectivity index (χ4n) is 2.27. The first kappa shape index (κ1) is 20.0. The second-order valence-electron chi connectivity index (χ2n) is 6.04. The molecule has 1 amide bonds. The number of aryl methyl sites for hydroxylation is 1. The van der Waals surface area contributed by atoms with Gasteiger partial charge in [-0.2, -0.15) is 5.26 Å². The molecule has 2 aromatic rings. The van der Waals surface area contributed by atoms with Gasteiger partial charge in [0.15, 0.2) is 6.10 Å². The molecule has 2 rings (SSSR count). The normalized spacial score (nSPS) is 11.1. The van der Waals surface area contributed by atoms with Crippen molar-refractivity contribution >= 4 is 17.6 Å². The standard InChI is InChI=1S/C21H22N2O4/c1-15-9-11-18(12-10-15)26-13-5-8-20(24)27-16(2)21(25)23-19-7-4-3-6-17(19)14-22/h3-4,6-7,9-12,16H,5,8,13H2,1-2H3,(H,23,25)/t16-/m0/s1. The van der Waals surface area contributed by atoms with Crippen LogP contribution in [0.1, 0.15) is 30.9 Å². The van der Waals surface area contributed by atoms with Crippen molar-refractivity contribution in [3.05, 3.63) is 59.7 Å². The number of hydrogen-bond acceptors (Lipinski definition) is 5. The van der Waals surface area contributed by atoms with Gasteiger partial charge in [0.25, 0.3) is 5.91 Å². The van der Waals surface area contributed by atoms with E-state index in [1.54, 1.807) is 24.3 Å². The molecule has 6 nitrogen and oxygen atoms in total. The summed E-state index contributed by atoms with van der Waals surface area (Å²) in [5, 5.41) is 11.6. The summed E-state index contributed by atoms with van der Waals surface area (Å²) in [6.45, 7) is 3.87. The van der Waals surface area contributed by atoms with Gasteiger partial charge in [0, 0.05) is 6.42 Å². The molecule has 0 aromatic heterocycles. The fourth-order valence-corrected chi connectivity index (χ4v) is 2.27. The number of carbonyl (C=O) groups is 2. The minimum atomic E-state index is -0.956. The maximum Gasteiger partial charge on any atom is 0.306 e. The molecule has 0 fully saturated rings. The molecule has 140 valence electrons. The third-order valence-corrected chi connectivity index (χ3v) is 3.80. The van der Waals surface area contributed by atoms with Crippen LogP contribution in [0, 0.1) is 18.3 Å². The summed E-state index contributed by atoms with van der Waals surface area (Å²) in [5.74, 6) is -0.210. The highest BCUT2D eigenvalue weighted by Gasteiger charge is 2.18. The van der Waals surface area contributed by atoms with E-state index in [-0.39, 0.29) is 6.42 Å². The molecule has 2 aromatic carbocycles. The zero-order valence-corrected chi connectivity index (χ0v) is 15.4. The molecule has 0 radical (unpaired) electrons. The largest absolute Gasteiger partial charge is 0.494 e. The van der Waals surface area contributed by atoms with Crippen molar-refractivity contribution < 1.29 is 19.1 Å². The number of benzene rings is 2. The van der Waals surface area contributed by atoms with Crippen LogP contribution in [0.5, 0.6) is 5.75 Å². The molecule has 6 heteroatoms. The van der Waals surface area contributed by atoms with Gasteiger partial charge < -0.3 is 14.8 Å². The zero-order chi connectivity index (χ0) is 19.6. The third kappa shape index (κ3) is 6.48. The lowest BCUT2D eigenvalue weighted by Crippen LogP contribution is -2.30. The number of nitrogens with zero attached hydrogens (tertiary/aromatic N) is 1. The minimum Gasteiger partial charge on any atom is -0.494 e. The molecule has 27 heavy (non-hydrogen) atoms. The van der Waals surface area contributed by atoms with Crippen molar-refractivity contribution in [1.82, 2.24) is 0 Å². The fraction of sp³-hybridized carbons (Fsp3) is 0.286. The van der Waals surface area contributed by atoms with Crippen LogP contribution in [0.15, 0.2) is 48.5 Å². The number of rotatable bonds is 8. The first-order chi connectivity index (χ1) is 13.0. The Bertz CT molecular complexity index is 825. The van der Waals surface area contributed by atoms with Gasteiger partial charge in [-0.3, -0.25) is 9.59 Å². The van der Waals surface area contributed by atoms with Gasteiger partial charge in [0.05, 0.1) is 17.9 Å². The maximum atomic E-state index is 12.1. The number of hydrogen-bond donors (Lipinski definition) is 1. The van der Waals surface area contributed by atoms with Gasteiger partial charge >= 0.3 is 5.97 Å². The van der Waals surface area contributed by atoms with Crippen LogP contribution in [0.25, 0.3) is 0 Å². The Morgan fingerprint density at radius 2 is 1.85 bits per heavy atom. The molecule has 0 heterocycles. The predicted octanol–water partition coefficient (Wildman–Crippen LogP) is 3.60. The van der Waals surface area contributed by atoms with E-state index in [0.717, 1.165) is 11.3 Å². The molecule has 0 saturated heterocycles. The molecule has 0 unspecified atom stereocenters. The number of ether oxygens (including phenoxy) is 2. The van der Waals surface area contributed by atoms with E-state index in [0.29, 0.717) is 24.3 Å². The second-order valence-corrected chi connectivity index (χ2v) is 6.04. The Morgan fingerprint density at radius 3 is 2.56 bits per heavy atom. The molecule has 1 N–H and O–H groups in total. The summed E-state index contributed by atoms with van der Waals surface area (Å²) in [4.78, 5) is 24.0. The predicted molar refractivity (Wildman–Crippen MR) is 101 cm³/mol. The van der Waals surface area contributed by atoms with E-state index in [9.17, 15) is 9.59 Å². The van der Waals surface area contributed by atoms with Gasteiger partial charge in [-0.1, -0.05) is 29.8 Å². The van der Waals surface area contributed by atoms with Crippen molar-refractivity contribution in [2.45, 2.75) is 32.8 Å². The summed E-state index contributed by atoms with van der Waals surface area (Å²) in [5.41, 5.74) is 1.88. The van der Waals surface area contributed by atoms with Crippen molar-refractivity contribution in [2.75, 3.05) is 11.9 Å². The quantitative estimate of drug-likeness (QED) is 0.570. The van der Waals surface area contributed by atoms with Crippen LogP contribution in [-0.2, 0) is 14.3 Å². The lowest BCUT2D eigenvalue weighted by molar-refractivity contribution is -0.153. The summed E-state index contributed by atoms with van der Waals surface area (Å²) < 4.78 is 10.7. The highest BCUT2D eigenvalue weighted by Crippen LogP contribution is 2.15. The van der Waals surface area contributed by atoms with Gasteiger partial charge in [-0.25, -0.2) is 0 Å². The molecular weight excluding hydrogens is 344 g/mol. The Labute approximate surface area is 158 Å². The van der Waals surface area contributed by atoms with E-state index in [1.807, 2.05) is 37.3 Å². The summed E-state index contributed by atoms with van der Waals surface area (Å²) in [6, 6.07) is 16.3. The van der Waals surface area contributed by atoms with E-state index < -0.39 is 18.0 Å². The zero-order valence-electron chi connectivity index (χ0n) is 15.4. The van der Waals surface area contributed by atoms with Crippen molar-refractivity contribution in [3.8, 4) is 11.8 Å². The van der Waals surface area contributed by atoms with Gasteiger partial charge in [0.1, 0.15) is 11.8 Å². The van der Waals surface area contributed by atoms with Crippen LogP contribution in [0.4, 0.5) is 5.69 Å².